The highest BCUT2D eigenvalue weighted by Gasteiger charge is 2.45. The molecule has 7 heteroatoms. The molecule has 3 aliphatic heterocycles. The van der Waals surface area contributed by atoms with Gasteiger partial charge in [-0.25, -0.2) is 4.79 Å². The monoisotopic (exact) mass is 505 g/mol. The van der Waals surface area contributed by atoms with E-state index in [2.05, 4.69) is 36.2 Å². The molecule has 2 aromatic carbocycles. The summed E-state index contributed by atoms with van der Waals surface area (Å²) in [6, 6.07) is 14.1. The lowest BCUT2D eigenvalue weighted by Crippen LogP contribution is -2.57. The molecule has 1 N–H and O–H groups in total. The number of likely N-dealkylation sites (tertiary alicyclic amines) is 1. The summed E-state index contributed by atoms with van der Waals surface area (Å²) in [5.41, 5.74) is 1.91. The van der Waals surface area contributed by atoms with Gasteiger partial charge >= 0.3 is 6.03 Å². The molecular formula is C30H39N3O4. The zero-order chi connectivity index (χ0) is 25.4. The molecule has 0 aromatic heterocycles. The number of amides is 2. The van der Waals surface area contributed by atoms with Crippen molar-refractivity contribution in [1.29, 1.82) is 0 Å². The van der Waals surface area contributed by atoms with Crippen molar-refractivity contribution in [2.75, 3.05) is 46.3 Å². The van der Waals surface area contributed by atoms with Crippen molar-refractivity contribution in [3.05, 3.63) is 53.6 Å². The van der Waals surface area contributed by atoms with Crippen LogP contribution in [0.4, 0.5) is 4.79 Å². The Kier molecular flexibility index (Phi) is 6.65. The van der Waals surface area contributed by atoms with Gasteiger partial charge in [0.05, 0.1) is 6.10 Å². The minimum absolute atomic E-state index is 0.122. The molecule has 3 fully saturated rings. The van der Waals surface area contributed by atoms with Crippen LogP contribution in [0.3, 0.4) is 0 Å². The first-order valence-electron chi connectivity index (χ1n) is 14.0. The first kappa shape index (κ1) is 24.4. The average molecular weight is 506 g/mol. The smallest absolute Gasteiger partial charge is 0.320 e. The predicted molar refractivity (Wildman–Crippen MR) is 143 cm³/mol. The number of nitrogens with zero attached hydrogens (tertiary/aromatic N) is 3. The summed E-state index contributed by atoms with van der Waals surface area (Å²) in [4.78, 5) is 19.5. The number of phenolic OH excluding ortho intramolecular Hbond substituents is 1. The highest BCUT2D eigenvalue weighted by atomic mass is 16.5. The van der Waals surface area contributed by atoms with Gasteiger partial charge < -0.3 is 29.3 Å². The van der Waals surface area contributed by atoms with E-state index in [1.807, 2.05) is 21.9 Å². The summed E-state index contributed by atoms with van der Waals surface area (Å²) in [6.07, 6.45) is 7.43. The fraction of sp³-hybridized carbons (Fsp3) is 0.567. The van der Waals surface area contributed by atoms with E-state index in [0.717, 1.165) is 80.9 Å². The van der Waals surface area contributed by atoms with Gasteiger partial charge in [-0.1, -0.05) is 18.2 Å². The molecule has 37 heavy (non-hydrogen) atoms. The second kappa shape index (κ2) is 10.1. The Morgan fingerprint density at radius 3 is 2.43 bits per heavy atom. The summed E-state index contributed by atoms with van der Waals surface area (Å²) >= 11 is 0. The van der Waals surface area contributed by atoms with Crippen LogP contribution < -0.4 is 9.47 Å². The molecule has 7 nitrogen and oxygen atoms in total. The third-order valence-corrected chi connectivity index (χ3v) is 8.86. The van der Waals surface area contributed by atoms with Crippen LogP contribution in [0.15, 0.2) is 42.5 Å². The van der Waals surface area contributed by atoms with Crippen LogP contribution in [-0.2, 0) is 0 Å². The van der Waals surface area contributed by atoms with Crippen LogP contribution in [-0.4, -0.2) is 83.9 Å². The Morgan fingerprint density at radius 1 is 0.973 bits per heavy atom. The summed E-state index contributed by atoms with van der Waals surface area (Å²) in [5.74, 6) is 2.17. The van der Waals surface area contributed by atoms with Crippen molar-refractivity contribution in [2.24, 2.45) is 0 Å². The van der Waals surface area contributed by atoms with E-state index in [4.69, 9.17) is 9.47 Å². The summed E-state index contributed by atoms with van der Waals surface area (Å²) in [5, 5.41) is 10.2. The van der Waals surface area contributed by atoms with Crippen molar-refractivity contribution in [2.45, 2.75) is 62.6 Å². The lowest BCUT2D eigenvalue weighted by molar-refractivity contribution is -0.0145. The number of carbonyl (C=O) groups is 1. The lowest BCUT2D eigenvalue weighted by atomic mass is 9.74. The van der Waals surface area contributed by atoms with Crippen molar-refractivity contribution < 1.29 is 19.4 Å². The molecule has 2 amide bonds. The number of phenols is 1. The van der Waals surface area contributed by atoms with E-state index in [1.54, 1.807) is 6.07 Å². The van der Waals surface area contributed by atoms with Gasteiger partial charge in [0.25, 0.3) is 0 Å². The van der Waals surface area contributed by atoms with Gasteiger partial charge in [0, 0.05) is 69.7 Å². The van der Waals surface area contributed by atoms with Gasteiger partial charge in [-0.05, 0) is 62.9 Å². The molecule has 1 aliphatic carbocycles. The van der Waals surface area contributed by atoms with Crippen LogP contribution in [0.2, 0.25) is 0 Å². The number of likely N-dealkylation sites (N-methyl/N-ethyl adjacent to an activating group) is 1. The highest BCUT2D eigenvalue weighted by molar-refractivity contribution is 5.74. The Bertz CT molecular complexity index is 1120. The van der Waals surface area contributed by atoms with Gasteiger partial charge in [-0.15, -0.1) is 0 Å². The second-order valence-corrected chi connectivity index (χ2v) is 11.4. The largest absolute Gasteiger partial charge is 0.508 e. The fourth-order valence-electron chi connectivity index (χ4n) is 6.57. The number of hydrogen-bond acceptors (Lipinski definition) is 5. The zero-order valence-corrected chi connectivity index (χ0v) is 21.9. The fourth-order valence-corrected chi connectivity index (χ4v) is 6.57. The highest BCUT2D eigenvalue weighted by Crippen LogP contribution is 2.49. The molecule has 1 unspecified atom stereocenters. The van der Waals surface area contributed by atoms with Gasteiger partial charge in [-0.3, -0.25) is 0 Å². The maximum absolute atomic E-state index is 13.2. The Morgan fingerprint density at radius 2 is 1.70 bits per heavy atom. The van der Waals surface area contributed by atoms with Crippen molar-refractivity contribution in [1.82, 2.24) is 14.7 Å². The van der Waals surface area contributed by atoms with Crippen molar-refractivity contribution in [3.63, 3.8) is 0 Å². The van der Waals surface area contributed by atoms with Gasteiger partial charge in [-0.2, -0.15) is 0 Å². The number of piperazine rings is 1. The molecule has 198 valence electrons. The number of carbonyl (C=O) groups excluding carboxylic acids is 1. The van der Waals surface area contributed by atoms with Crippen LogP contribution in [0.5, 0.6) is 17.2 Å². The third kappa shape index (κ3) is 5.11. The quantitative estimate of drug-likeness (QED) is 0.647. The topological polar surface area (TPSA) is 65.5 Å². The Balaban J connectivity index is 1.23. The summed E-state index contributed by atoms with van der Waals surface area (Å²) in [6.45, 7) is 4.85. The summed E-state index contributed by atoms with van der Waals surface area (Å²) in [7, 11) is 2.11. The average Bonchev–Trinajstić information content (AvgIpc) is 3.42. The molecule has 1 saturated carbocycles. The van der Waals surface area contributed by atoms with E-state index in [0.29, 0.717) is 19.2 Å². The summed E-state index contributed by atoms with van der Waals surface area (Å²) < 4.78 is 13.2. The van der Waals surface area contributed by atoms with Crippen LogP contribution in [0, 0.1) is 0 Å². The number of aromatic hydroxyl groups is 1. The van der Waals surface area contributed by atoms with Crippen LogP contribution in [0.1, 0.15) is 62.0 Å². The molecule has 6 rings (SSSR count). The van der Waals surface area contributed by atoms with Crippen LogP contribution >= 0.6 is 0 Å². The van der Waals surface area contributed by atoms with Gasteiger partial charge in [0.1, 0.15) is 22.8 Å². The molecule has 1 atom stereocenters. The maximum atomic E-state index is 13.2. The number of piperidine rings is 1. The first-order chi connectivity index (χ1) is 18.0. The lowest BCUT2D eigenvalue weighted by Gasteiger charge is -2.48. The molecule has 0 radical (unpaired) electrons. The van der Waals surface area contributed by atoms with E-state index in [9.17, 15) is 9.90 Å². The third-order valence-electron chi connectivity index (χ3n) is 8.86. The van der Waals surface area contributed by atoms with Crippen molar-refractivity contribution in [3.8, 4) is 17.2 Å². The minimum atomic E-state index is -0.339. The standard InChI is InChI=1S/C30H39N3O4/c1-31-15-17-33(18-16-31)29(35)32-13-11-30(12-14-32)21-27(22-5-4-6-23(34)19-22)26-10-9-25(20-28(26)37-30)36-24-7-2-3-8-24/h4-6,9-10,19-20,24,27,34H,2-3,7-8,11-18,21H2,1H3. The van der Waals surface area contributed by atoms with E-state index < -0.39 is 0 Å². The van der Waals surface area contributed by atoms with E-state index in [-0.39, 0.29) is 23.3 Å². The minimum Gasteiger partial charge on any atom is -0.508 e. The second-order valence-electron chi connectivity index (χ2n) is 11.4. The van der Waals surface area contributed by atoms with E-state index >= 15 is 0 Å². The Hall–Kier alpha value is -2.93. The van der Waals surface area contributed by atoms with Gasteiger partial charge in [0.15, 0.2) is 0 Å². The predicted octanol–water partition coefficient (Wildman–Crippen LogP) is 4.83. The van der Waals surface area contributed by atoms with Crippen LogP contribution in [0.25, 0.3) is 0 Å². The molecular weight excluding hydrogens is 466 g/mol. The number of urea groups is 1. The molecule has 2 aromatic rings. The van der Waals surface area contributed by atoms with E-state index in [1.165, 1.54) is 12.8 Å². The number of fused-ring (bicyclic) bond motifs is 1. The molecule has 4 aliphatic rings. The number of ether oxygens (including phenoxy) is 2. The normalized spacial score (nSPS) is 24.1. The number of rotatable bonds is 3. The molecule has 3 heterocycles. The Labute approximate surface area is 219 Å². The first-order valence-corrected chi connectivity index (χ1v) is 14.0. The van der Waals surface area contributed by atoms with Gasteiger partial charge in [0.2, 0.25) is 0 Å². The molecule has 0 bridgehead atoms. The number of hydrogen-bond donors (Lipinski definition) is 1. The maximum Gasteiger partial charge on any atom is 0.320 e. The zero-order valence-electron chi connectivity index (χ0n) is 21.9. The number of benzene rings is 2. The van der Waals surface area contributed by atoms with Crippen molar-refractivity contribution >= 4 is 6.03 Å². The SMILES string of the molecule is CN1CCN(C(=O)N2CCC3(CC2)CC(c2cccc(O)c2)c2ccc(OC4CCCC4)cc2O3)CC1. The molecule has 2 saturated heterocycles. The molecule has 1 spiro atoms.